The lowest BCUT2D eigenvalue weighted by Gasteiger charge is -2.18. The molecule has 23 heavy (non-hydrogen) atoms. The van der Waals surface area contributed by atoms with Crippen LogP contribution >= 0.6 is 0 Å². The van der Waals surface area contributed by atoms with Crippen molar-refractivity contribution in [3.63, 3.8) is 0 Å². The number of ether oxygens (including phenoxy) is 1. The van der Waals surface area contributed by atoms with Crippen molar-refractivity contribution in [3.8, 4) is 0 Å². The van der Waals surface area contributed by atoms with Crippen LogP contribution in [0, 0.1) is 19.8 Å². The lowest BCUT2D eigenvalue weighted by molar-refractivity contribution is -0.136. The summed E-state index contributed by atoms with van der Waals surface area (Å²) in [5.41, 5.74) is 4.85. The molecule has 7 nitrogen and oxygen atoms in total. The second-order valence-electron chi connectivity index (χ2n) is 5.60. The number of aryl methyl sites for hydroxylation is 2. The minimum atomic E-state index is -0.929. The highest BCUT2D eigenvalue weighted by Crippen LogP contribution is 2.33. The molecule has 2 amide bonds. The molecule has 3 rings (SSSR count). The van der Waals surface area contributed by atoms with Gasteiger partial charge in [-0.05, 0) is 38.0 Å². The van der Waals surface area contributed by atoms with Crippen LogP contribution in [0.3, 0.4) is 0 Å². The zero-order chi connectivity index (χ0) is 16.7. The third kappa shape index (κ3) is 2.28. The molecule has 0 aliphatic carbocycles. The van der Waals surface area contributed by atoms with E-state index in [9.17, 15) is 14.4 Å². The Morgan fingerprint density at radius 3 is 2.74 bits per heavy atom. The van der Waals surface area contributed by atoms with Crippen LogP contribution in [-0.4, -0.2) is 36.1 Å². The number of hydrazone groups is 1. The van der Waals surface area contributed by atoms with Gasteiger partial charge in [0.05, 0.1) is 12.3 Å². The van der Waals surface area contributed by atoms with E-state index in [1.165, 1.54) is 0 Å². The first-order valence-electron chi connectivity index (χ1n) is 7.41. The number of rotatable bonds is 3. The molecule has 1 N–H and O–H groups in total. The number of esters is 1. The summed E-state index contributed by atoms with van der Waals surface area (Å²) in [7, 11) is 0. The van der Waals surface area contributed by atoms with Gasteiger partial charge in [0.25, 0.3) is 5.91 Å². The quantitative estimate of drug-likeness (QED) is 0.655. The molecule has 1 aromatic carbocycles. The van der Waals surface area contributed by atoms with Crippen LogP contribution in [0.2, 0.25) is 0 Å². The van der Waals surface area contributed by atoms with Crippen LogP contribution in [0.15, 0.2) is 23.3 Å². The number of imide groups is 1. The predicted octanol–water partition coefficient (Wildman–Crippen LogP) is 0.684. The Kier molecular flexibility index (Phi) is 3.63. The highest BCUT2D eigenvalue weighted by Gasteiger charge is 2.55. The van der Waals surface area contributed by atoms with Crippen molar-refractivity contribution in [2.45, 2.75) is 26.8 Å². The summed E-state index contributed by atoms with van der Waals surface area (Å²) in [6.07, 6.45) is 0. The molecule has 2 aliphatic heterocycles. The minimum Gasteiger partial charge on any atom is -0.461 e. The van der Waals surface area contributed by atoms with Gasteiger partial charge in [-0.25, -0.2) is 9.69 Å². The van der Waals surface area contributed by atoms with Gasteiger partial charge in [0.2, 0.25) is 5.91 Å². The van der Waals surface area contributed by atoms with Crippen molar-refractivity contribution in [1.82, 2.24) is 5.43 Å². The second kappa shape index (κ2) is 5.49. The molecule has 1 fully saturated rings. The molecule has 0 aromatic heterocycles. The minimum absolute atomic E-state index is 0.0389. The molecule has 0 saturated carbocycles. The number of nitrogens with one attached hydrogen (secondary N) is 1. The van der Waals surface area contributed by atoms with Crippen LogP contribution < -0.4 is 10.3 Å². The number of carbonyl (C=O) groups excluding carboxylic acids is 3. The summed E-state index contributed by atoms with van der Waals surface area (Å²) < 4.78 is 4.91. The fourth-order valence-electron chi connectivity index (χ4n) is 2.86. The third-order valence-electron chi connectivity index (χ3n) is 4.01. The predicted molar refractivity (Wildman–Crippen MR) is 82.9 cm³/mol. The van der Waals surface area contributed by atoms with Crippen molar-refractivity contribution in [2.24, 2.45) is 11.0 Å². The number of benzene rings is 1. The Bertz CT molecular complexity index is 741. The molecule has 1 saturated heterocycles. The van der Waals surface area contributed by atoms with Crippen LogP contribution in [0.5, 0.6) is 0 Å². The molecule has 2 heterocycles. The summed E-state index contributed by atoms with van der Waals surface area (Å²) in [4.78, 5) is 38.4. The Morgan fingerprint density at radius 1 is 1.30 bits per heavy atom. The SMILES string of the molecule is CCOC(=O)C1=NN[C@H]2C(=O)N(c3cc(C)ccc3C)C(=O)[C@@H]12. The van der Waals surface area contributed by atoms with Gasteiger partial charge in [0.1, 0.15) is 12.0 Å². The number of hydrogen-bond donors (Lipinski definition) is 1. The average Bonchev–Trinajstić information content (AvgIpc) is 3.04. The Labute approximate surface area is 133 Å². The van der Waals surface area contributed by atoms with Gasteiger partial charge >= 0.3 is 5.97 Å². The number of hydrogen-bond acceptors (Lipinski definition) is 6. The summed E-state index contributed by atoms with van der Waals surface area (Å²) in [6.45, 7) is 5.57. The fraction of sp³-hybridized carbons (Fsp3) is 0.375. The number of fused-ring (bicyclic) bond motifs is 1. The van der Waals surface area contributed by atoms with Crippen molar-refractivity contribution < 1.29 is 19.1 Å². The van der Waals surface area contributed by atoms with Gasteiger partial charge in [-0.2, -0.15) is 5.10 Å². The van der Waals surface area contributed by atoms with E-state index in [-0.39, 0.29) is 12.3 Å². The van der Waals surface area contributed by atoms with Crippen molar-refractivity contribution >= 4 is 29.2 Å². The van der Waals surface area contributed by atoms with E-state index in [1.807, 2.05) is 26.0 Å². The van der Waals surface area contributed by atoms with Gasteiger partial charge in [0, 0.05) is 0 Å². The highest BCUT2D eigenvalue weighted by atomic mass is 16.5. The summed E-state index contributed by atoms with van der Waals surface area (Å²) in [6, 6.07) is 4.70. The molecule has 2 aliphatic rings. The van der Waals surface area contributed by atoms with Crippen molar-refractivity contribution in [2.75, 3.05) is 11.5 Å². The normalized spacial score (nSPS) is 22.7. The Hall–Kier alpha value is -2.70. The molecular formula is C16H17N3O4. The molecule has 7 heteroatoms. The van der Waals surface area contributed by atoms with Crippen LogP contribution in [0.25, 0.3) is 0 Å². The topological polar surface area (TPSA) is 88.1 Å². The van der Waals surface area contributed by atoms with Gasteiger partial charge in [0.15, 0.2) is 5.71 Å². The van der Waals surface area contributed by atoms with Crippen LogP contribution in [-0.2, 0) is 19.1 Å². The smallest absolute Gasteiger partial charge is 0.355 e. The second-order valence-corrected chi connectivity index (χ2v) is 5.60. The zero-order valence-corrected chi connectivity index (χ0v) is 13.1. The average molecular weight is 315 g/mol. The first-order valence-corrected chi connectivity index (χ1v) is 7.41. The van der Waals surface area contributed by atoms with Gasteiger partial charge in [-0.1, -0.05) is 12.1 Å². The molecular weight excluding hydrogens is 298 g/mol. The Balaban J connectivity index is 1.97. The van der Waals surface area contributed by atoms with Gasteiger partial charge in [-0.15, -0.1) is 0 Å². The molecule has 0 bridgehead atoms. The largest absolute Gasteiger partial charge is 0.461 e. The summed E-state index contributed by atoms with van der Waals surface area (Å²) in [5, 5.41) is 3.83. The van der Waals surface area contributed by atoms with E-state index in [0.29, 0.717) is 5.69 Å². The van der Waals surface area contributed by atoms with E-state index >= 15 is 0 Å². The van der Waals surface area contributed by atoms with Gasteiger partial charge in [-0.3, -0.25) is 15.0 Å². The standard InChI is InChI=1S/C16H17N3O4/c1-4-23-16(22)13-11-12(17-18-13)15(21)19(14(11)20)10-7-8(2)5-6-9(10)3/h5-7,11-12,17H,4H2,1-3H3/t11-,12-/m1/s1. The van der Waals surface area contributed by atoms with E-state index in [2.05, 4.69) is 10.5 Å². The first-order chi connectivity index (χ1) is 11.0. The van der Waals surface area contributed by atoms with E-state index in [4.69, 9.17) is 4.74 Å². The van der Waals surface area contributed by atoms with Crippen molar-refractivity contribution in [1.29, 1.82) is 0 Å². The van der Waals surface area contributed by atoms with Crippen LogP contribution in [0.1, 0.15) is 18.1 Å². The molecule has 2 atom stereocenters. The molecule has 0 radical (unpaired) electrons. The third-order valence-corrected chi connectivity index (χ3v) is 4.01. The van der Waals surface area contributed by atoms with Crippen molar-refractivity contribution in [3.05, 3.63) is 29.3 Å². The maximum Gasteiger partial charge on any atom is 0.355 e. The number of amides is 2. The molecule has 1 aromatic rings. The lowest BCUT2D eigenvalue weighted by atomic mass is 9.99. The number of anilines is 1. The maximum absolute atomic E-state index is 12.8. The van der Waals surface area contributed by atoms with Crippen LogP contribution in [0.4, 0.5) is 5.69 Å². The molecule has 0 spiro atoms. The Morgan fingerprint density at radius 2 is 2.04 bits per heavy atom. The number of nitrogens with zero attached hydrogens (tertiary/aromatic N) is 2. The molecule has 0 unspecified atom stereocenters. The van der Waals surface area contributed by atoms with E-state index in [0.717, 1.165) is 16.0 Å². The highest BCUT2D eigenvalue weighted by molar-refractivity contribution is 6.46. The summed E-state index contributed by atoms with van der Waals surface area (Å²) >= 11 is 0. The molecule has 120 valence electrons. The van der Waals surface area contributed by atoms with E-state index < -0.39 is 29.7 Å². The monoisotopic (exact) mass is 315 g/mol. The summed E-state index contributed by atoms with van der Waals surface area (Å²) in [5.74, 6) is -2.46. The fourth-order valence-corrected chi connectivity index (χ4v) is 2.86. The maximum atomic E-state index is 12.8. The zero-order valence-electron chi connectivity index (χ0n) is 13.1. The first kappa shape index (κ1) is 15.2. The van der Waals surface area contributed by atoms with E-state index in [1.54, 1.807) is 13.0 Å². The lowest BCUT2D eigenvalue weighted by Crippen LogP contribution is -2.36. The van der Waals surface area contributed by atoms with Gasteiger partial charge < -0.3 is 4.74 Å². The number of carbonyl (C=O) groups is 3.